The van der Waals surface area contributed by atoms with Crippen LogP contribution in [0.2, 0.25) is 0 Å². The van der Waals surface area contributed by atoms with Crippen LogP contribution in [0.1, 0.15) is 18.4 Å². The lowest BCUT2D eigenvalue weighted by Gasteiger charge is -2.39. The Balaban J connectivity index is 1.96. The number of nitrogens with zero attached hydrogens (tertiary/aromatic N) is 2. The van der Waals surface area contributed by atoms with Crippen molar-refractivity contribution in [2.75, 3.05) is 6.54 Å². The zero-order chi connectivity index (χ0) is 15.9. The van der Waals surface area contributed by atoms with Crippen LogP contribution in [0.3, 0.4) is 0 Å². The number of amides is 1. The van der Waals surface area contributed by atoms with E-state index in [-0.39, 0.29) is 12.3 Å². The quantitative estimate of drug-likeness (QED) is 0.826. The highest BCUT2D eigenvalue weighted by Crippen LogP contribution is 2.32. The summed E-state index contributed by atoms with van der Waals surface area (Å²) in [5.41, 5.74) is -0.0373. The minimum atomic E-state index is -1.45. The Morgan fingerprint density at radius 2 is 2.18 bits per heavy atom. The van der Waals surface area contributed by atoms with Crippen molar-refractivity contribution in [3.05, 3.63) is 47.0 Å². The molecule has 0 radical (unpaired) electrons. The SMILES string of the molecule is O=C(O)C1=C(O)[C@@H]2CCCN2N(Cc2cccc(F)c2)C1=O. The van der Waals surface area contributed by atoms with Gasteiger partial charge in [-0.25, -0.2) is 14.2 Å². The number of benzene rings is 1. The number of carbonyl (C=O) groups excluding carboxylic acids is 1. The Morgan fingerprint density at radius 3 is 2.86 bits per heavy atom. The highest BCUT2D eigenvalue weighted by molar-refractivity contribution is 6.16. The zero-order valence-corrected chi connectivity index (χ0v) is 11.7. The van der Waals surface area contributed by atoms with Crippen LogP contribution in [0.15, 0.2) is 35.6 Å². The molecule has 3 rings (SSSR count). The number of carboxylic acid groups (broad SMARTS) is 1. The van der Waals surface area contributed by atoms with E-state index in [1.54, 1.807) is 11.1 Å². The van der Waals surface area contributed by atoms with Gasteiger partial charge in [0.1, 0.15) is 11.6 Å². The van der Waals surface area contributed by atoms with E-state index >= 15 is 0 Å². The summed E-state index contributed by atoms with van der Waals surface area (Å²) in [7, 11) is 0. The number of hydrogen-bond acceptors (Lipinski definition) is 4. The number of aliphatic carboxylic acids is 1. The third-order valence-corrected chi connectivity index (χ3v) is 3.99. The lowest BCUT2D eigenvalue weighted by Crippen LogP contribution is -2.54. The van der Waals surface area contributed by atoms with Gasteiger partial charge >= 0.3 is 5.97 Å². The molecular weight excluding hydrogens is 291 g/mol. The molecule has 1 saturated heterocycles. The van der Waals surface area contributed by atoms with Crippen molar-refractivity contribution in [3.63, 3.8) is 0 Å². The lowest BCUT2D eigenvalue weighted by molar-refractivity contribution is -0.155. The molecule has 0 spiro atoms. The highest BCUT2D eigenvalue weighted by Gasteiger charge is 2.44. The fourth-order valence-corrected chi connectivity index (χ4v) is 3.01. The summed E-state index contributed by atoms with van der Waals surface area (Å²) in [6.45, 7) is 0.611. The van der Waals surface area contributed by atoms with Gasteiger partial charge in [-0.15, -0.1) is 0 Å². The summed E-state index contributed by atoms with van der Waals surface area (Å²) in [5, 5.41) is 22.2. The summed E-state index contributed by atoms with van der Waals surface area (Å²) in [6, 6.07) is 5.30. The normalized spacial score (nSPS) is 22.1. The van der Waals surface area contributed by atoms with Crippen LogP contribution in [-0.2, 0) is 16.1 Å². The molecule has 0 unspecified atom stereocenters. The fourth-order valence-electron chi connectivity index (χ4n) is 3.01. The predicted octanol–water partition coefficient (Wildman–Crippen LogP) is 1.44. The average molecular weight is 306 g/mol. The average Bonchev–Trinajstić information content (AvgIpc) is 2.93. The van der Waals surface area contributed by atoms with Gasteiger partial charge in [0, 0.05) is 6.54 Å². The molecule has 7 heteroatoms. The lowest BCUT2D eigenvalue weighted by atomic mass is 10.0. The molecule has 1 atom stereocenters. The smallest absolute Gasteiger partial charge is 0.344 e. The van der Waals surface area contributed by atoms with Crippen LogP contribution in [0.25, 0.3) is 0 Å². The molecule has 116 valence electrons. The van der Waals surface area contributed by atoms with Crippen LogP contribution in [0.4, 0.5) is 4.39 Å². The number of fused-ring (bicyclic) bond motifs is 1. The number of rotatable bonds is 3. The molecule has 1 aromatic rings. The first-order valence-electron chi connectivity index (χ1n) is 6.98. The number of aliphatic hydroxyl groups is 1. The maximum atomic E-state index is 13.3. The third kappa shape index (κ3) is 2.33. The van der Waals surface area contributed by atoms with Crippen LogP contribution in [-0.4, -0.2) is 44.7 Å². The standard InChI is InChI=1S/C15H15FN2O4/c16-10-4-1-3-9(7-10)8-18-14(20)12(15(21)22)13(19)11-5-2-6-17(11)18/h1,3-4,7,11,19H,2,5-6,8H2,(H,21,22)/t11-/m0/s1. The molecule has 6 nitrogen and oxygen atoms in total. The van der Waals surface area contributed by atoms with E-state index < -0.39 is 29.3 Å². The second-order valence-corrected chi connectivity index (χ2v) is 5.38. The van der Waals surface area contributed by atoms with Crippen LogP contribution < -0.4 is 0 Å². The fraction of sp³-hybridized carbons (Fsp3) is 0.333. The van der Waals surface area contributed by atoms with Crippen molar-refractivity contribution in [2.24, 2.45) is 0 Å². The van der Waals surface area contributed by atoms with Gasteiger partial charge in [-0.05, 0) is 30.5 Å². The summed E-state index contributed by atoms with van der Waals surface area (Å²) < 4.78 is 13.3. The van der Waals surface area contributed by atoms with Gasteiger partial charge in [0.15, 0.2) is 5.57 Å². The van der Waals surface area contributed by atoms with Crippen LogP contribution >= 0.6 is 0 Å². The topological polar surface area (TPSA) is 81.1 Å². The molecular formula is C15H15FN2O4. The maximum absolute atomic E-state index is 13.3. The van der Waals surface area contributed by atoms with Crippen molar-refractivity contribution in [2.45, 2.75) is 25.4 Å². The number of carbonyl (C=O) groups is 2. The van der Waals surface area contributed by atoms with Crippen molar-refractivity contribution in [3.8, 4) is 0 Å². The van der Waals surface area contributed by atoms with Crippen LogP contribution in [0.5, 0.6) is 0 Å². The minimum absolute atomic E-state index is 0.0666. The molecule has 0 bridgehead atoms. The summed E-state index contributed by atoms with van der Waals surface area (Å²) in [5.74, 6) is -3.02. The Bertz CT molecular complexity index is 673. The summed E-state index contributed by atoms with van der Waals surface area (Å²) in [6.07, 6.45) is 1.32. The van der Waals surface area contributed by atoms with Gasteiger partial charge in [-0.2, -0.15) is 0 Å². The van der Waals surface area contributed by atoms with Gasteiger partial charge in [0.2, 0.25) is 0 Å². The monoisotopic (exact) mass is 306 g/mol. The van der Waals surface area contributed by atoms with Gasteiger partial charge in [-0.3, -0.25) is 9.80 Å². The van der Waals surface area contributed by atoms with Crippen molar-refractivity contribution in [1.82, 2.24) is 10.0 Å². The van der Waals surface area contributed by atoms with Gasteiger partial charge in [0.05, 0.1) is 12.6 Å². The highest BCUT2D eigenvalue weighted by atomic mass is 19.1. The van der Waals surface area contributed by atoms with Crippen molar-refractivity contribution >= 4 is 11.9 Å². The first-order valence-corrected chi connectivity index (χ1v) is 6.98. The van der Waals surface area contributed by atoms with E-state index in [4.69, 9.17) is 0 Å². The molecule has 1 aromatic carbocycles. The Kier molecular flexibility index (Phi) is 3.58. The van der Waals surface area contributed by atoms with Crippen LogP contribution in [0, 0.1) is 5.82 Å². The van der Waals surface area contributed by atoms with Gasteiger partial charge < -0.3 is 10.2 Å². The number of carboxylic acids is 1. The van der Waals surface area contributed by atoms with E-state index in [1.165, 1.54) is 23.2 Å². The Morgan fingerprint density at radius 1 is 1.41 bits per heavy atom. The largest absolute Gasteiger partial charge is 0.509 e. The molecule has 0 aromatic heterocycles. The number of halogens is 1. The summed E-state index contributed by atoms with van der Waals surface area (Å²) in [4.78, 5) is 23.7. The van der Waals surface area contributed by atoms with Crippen molar-refractivity contribution in [1.29, 1.82) is 0 Å². The molecule has 1 fully saturated rings. The molecule has 0 aliphatic carbocycles. The number of hydrogen-bond donors (Lipinski definition) is 2. The van der Waals surface area contributed by atoms with E-state index in [9.17, 15) is 24.2 Å². The molecule has 2 N–H and O–H groups in total. The molecule has 22 heavy (non-hydrogen) atoms. The first kappa shape index (κ1) is 14.5. The minimum Gasteiger partial charge on any atom is -0.509 e. The molecule has 2 heterocycles. The molecule has 2 aliphatic rings. The maximum Gasteiger partial charge on any atom is 0.344 e. The van der Waals surface area contributed by atoms with E-state index in [0.717, 1.165) is 6.42 Å². The van der Waals surface area contributed by atoms with Gasteiger partial charge in [-0.1, -0.05) is 12.1 Å². The molecule has 2 aliphatic heterocycles. The Labute approximate surface area is 126 Å². The number of aliphatic hydroxyl groups excluding tert-OH is 1. The zero-order valence-electron chi connectivity index (χ0n) is 11.7. The second-order valence-electron chi connectivity index (χ2n) is 5.38. The molecule has 1 amide bonds. The second kappa shape index (κ2) is 5.42. The summed E-state index contributed by atoms with van der Waals surface area (Å²) >= 11 is 0. The van der Waals surface area contributed by atoms with E-state index in [2.05, 4.69) is 0 Å². The van der Waals surface area contributed by atoms with E-state index in [1.807, 2.05) is 0 Å². The van der Waals surface area contributed by atoms with E-state index in [0.29, 0.717) is 18.5 Å². The Hall–Kier alpha value is -2.41. The first-order chi connectivity index (χ1) is 10.5. The molecule has 0 saturated carbocycles. The third-order valence-electron chi connectivity index (χ3n) is 3.99. The predicted molar refractivity (Wildman–Crippen MR) is 74.0 cm³/mol. The van der Waals surface area contributed by atoms with Crippen molar-refractivity contribution < 1.29 is 24.2 Å². The number of hydrazine groups is 1. The van der Waals surface area contributed by atoms with Gasteiger partial charge in [0.25, 0.3) is 5.91 Å².